The molecule has 0 bridgehead atoms. The molecule has 0 radical (unpaired) electrons. The van der Waals surface area contributed by atoms with Crippen molar-refractivity contribution in [3.8, 4) is 11.2 Å². The summed E-state index contributed by atoms with van der Waals surface area (Å²) >= 11 is 12.8. The summed E-state index contributed by atoms with van der Waals surface area (Å²) in [4.78, 5) is 24.7. The Morgan fingerprint density at radius 2 is 2.12 bits per heavy atom. The number of nitriles is 1. The Kier molecular flexibility index (Phi) is 7.03. The lowest BCUT2D eigenvalue weighted by molar-refractivity contribution is 0.0944. The van der Waals surface area contributed by atoms with Gasteiger partial charge >= 0.3 is 0 Å². The first-order valence-corrected chi connectivity index (χ1v) is 9.00. The molecule has 3 heterocycles. The average molecular weight is 410 g/mol. The molecule has 0 saturated carbocycles. The van der Waals surface area contributed by atoms with Crippen molar-refractivity contribution in [3.05, 3.63) is 51.2 Å². The van der Waals surface area contributed by atoms with Crippen LogP contribution in [0.1, 0.15) is 35.0 Å². The molecule has 26 heavy (non-hydrogen) atoms. The fourth-order valence-electron chi connectivity index (χ4n) is 1.79. The molecule has 11 heteroatoms. The highest BCUT2D eigenvalue weighted by Gasteiger charge is 2.14. The van der Waals surface area contributed by atoms with Gasteiger partial charge in [0.25, 0.3) is 5.91 Å². The third-order valence-corrected chi connectivity index (χ3v) is 4.09. The zero-order valence-electron chi connectivity index (χ0n) is 13.8. The minimum Gasteiger partial charge on any atom is -0.343 e. The largest absolute Gasteiger partial charge is 0.343 e. The van der Waals surface area contributed by atoms with Gasteiger partial charge < -0.3 is 5.32 Å². The molecule has 0 saturated heterocycles. The van der Waals surface area contributed by atoms with Gasteiger partial charge in [-0.3, -0.25) is 4.79 Å². The van der Waals surface area contributed by atoms with Crippen LogP contribution < -0.4 is 5.32 Å². The topological polar surface area (TPSA) is 109 Å². The smallest absolute Gasteiger partial charge is 0.270 e. The number of thiazole rings is 1. The van der Waals surface area contributed by atoms with Gasteiger partial charge in [-0.1, -0.05) is 48.4 Å². The minimum atomic E-state index is -0.453. The molecule has 8 nitrogen and oxygen atoms in total. The molecule has 0 fully saturated rings. The molecule has 0 unspecified atom stereocenters. The van der Waals surface area contributed by atoms with Crippen LogP contribution in [-0.4, -0.2) is 30.6 Å². The van der Waals surface area contributed by atoms with E-state index in [0.717, 1.165) is 0 Å². The molecule has 0 aromatic carbocycles. The predicted octanol–water partition coefficient (Wildman–Crippen LogP) is 3.25. The van der Waals surface area contributed by atoms with Crippen LogP contribution in [0.4, 0.5) is 0 Å². The number of carbonyl (C=O) groups excluding carboxylic acids is 1. The SMILES string of the molecule is CC.N#Cc1cnc(-n2ncnc2CNC(=O)c2cc(Cl)cc(Cl)n2)s1. The van der Waals surface area contributed by atoms with Gasteiger partial charge in [0.1, 0.15) is 28.1 Å². The average Bonchev–Trinajstić information content (AvgIpc) is 3.29. The highest BCUT2D eigenvalue weighted by atomic mass is 35.5. The lowest BCUT2D eigenvalue weighted by Gasteiger charge is -2.05. The van der Waals surface area contributed by atoms with Gasteiger partial charge in [0, 0.05) is 5.02 Å². The number of amides is 1. The summed E-state index contributed by atoms with van der Waals surface area (Å²) in [6, 6.07) is 4.85. The summed E-state index contributed by atoms with van der Waals surface area (Å²) in [7, 11) is 0. The van der Waals surface area contributed by atoms with Crippen molar-refractivity contribution in [2.24, 2.45) is 0 Å². The predicted molar refractivity (Wildman–Crippen MR) is 98.5 cm³/mol. The van der Waals surface area contributed by atoms with E-state index in [1.807, 2.05) is 19.9 Å². The van der Waals surface area contributed by atoms with Gasteiger partial charge in [-0.05, 0) is 12.1 Å². The number of aromatic nitrogens is 5. The van der Waals surface area contributed by atoms with Gasteiger partial charge in [-0.15, -0.1) is 0 Å². The maximum absolute atomic E-state index is 12.1. The molecule has 3 rings (SSSR count). The maximum Gasteiger partial charge on any atom is 0.270 e. The molecule has 0 aliphatic carbocycles. The van der Waals surface area contributed by atoms with Crippen LogP contribution in [0, 0.1) is 11.3 Å². The van der Waals surface area contributed by atoms with Crippen molar-refractivity contribution in [2.75, 3.05) is 0 Å². The van der Waals surface area contributed by atoms with E-state index in [1.165, 1.54) is 40.7 Å². The fraction of sp³-hybridized carbons (Fsp3) is 0.200. The van der Waals surface area contributed by atoms with E-state index in [-0.39, 0.29) is 17.4 Å². The number of hydrogen-bond acceptors (Lipinski definition) is 7. The van der Waals surface area contributed by atoms with Crippen LogP contribution in [0.15, 0.2) is 24.7 Å². The number of nitrogens with zero attached hydrogens (tertiary/aromatic N) is 6. The molecule has 0 atom stereocenters. The van der Waals surface area contributed by atoms with Crippen molar-refractivity contribution in [3.63, 3.8) is 0 Å². The first-order chi connectivity index (χ1) is 12.6. The zero-order chi connectivity index (χ0) is 19.1. The monoisotopic (exact) mass is 409 g/mol. The fourth-order valence-corrected chi connectivity index (χ4v) is 2.96. The molecular weight excluding hydrogens is 397 g/mol. The van der Waals surface area contributed by atoms with Crippen molar-refractivity contribution in [1.82, 2.24) is 30.0 Å². The summed E-state index contributed by atoms with van der Waals surface area (Å²) in [6.07, 6.45) is 2.78. The molecular formula is C15H13Cl2N7OS. The Morgan fingerprint density at radius 3 is 2.77 bits per heavy atom. The number of halogens is 2. The normalized spacial score (nSPS) is 9.81. The summed E-state index contributed by atoms with van der Waals surface area (Å²) in [5.41, 5.74) is 0.0968. The summed E-state index contributed by atoms with van der Waals surface area (Å²) in [5, 5.41) is 16.5. The van der Waals surface area contributed by atoms with Crippen LogP contribution in [0.2, 0.25) is 10.2 Å². The Morgan fingerprint density at radius 1 is 1.35 bits per heavy atom. The van der Waals surface area contributed by atoms with Crippen LogP contribution >= 0.6 is 34.5 Å². The molecule has 1 N–H and O–H groups in total. The van der Waals surface area contributed by atoms with Crippen LogP contribution in [0.5, 0.6) is 0 Å². The maximum atomic E-state index is 12.1. The number of hydrogen-bond donors (Lipinski definition) is 1. The second kappa shape index (κ2) is 9.24. The molecule has 134 valence electrons. The number of nitrogens with one attached hydrogen (secondary N) is 1. The van der Waals surface area contributed by atoms with E-state index in [9.17, 15) is 4.79 Å². The third-order valence-electron chi connectivity index (χ3n) is 2.80. The van der Waals surface area contributed by atoms with E-state index >= 15 is 0 Å². The van der Waals surface area contributed by atoms with Crippen molar-refractivity contribution < 1.29 is 4.79 Å². The summed E-state index contributed by atoms with van der Waals surface area (Å²) in [5.74, 6) is 0.00103. The lowest BCUT2D eigenvalue weighted by atomic mass is 10.3. The summed E-state index contributed by atoms with van der Waals surface area (Å²) < 4.78 is 1.45. The Hall–Kier alpha value is -2.54. The second-order valence-corrected chi connectivity index (χ2v) is 6.22. The molecule has 3 aromatic rings. The Balaban J connectivity index is 0.00000117. The molecule has 0 aliphatic heterocycles. The van der Waals surface area contributed by atoms with Gasteiger partial charge in [0.15, 0.2) is 5.82 Å². The van der Waals surface area contributed by atoms with E-state index < -0.39 is 5.91 Å². The molecule has 0 aliphatic rings. The van der Waals surface area contributed by atoms with Crippen LogP contribution in [0.3, 0.4) is 0 Å². The third kappa shape index (κ3) is 4.76. The standard InChI is InChI=1S/C13H7Cl2N7OS.C2H6/c14-7-1-9(21-10(15)2-7)12(23)17-5-11-19-6-20-22(11)13-18-4-8(3-16)24-13;1-2/h1-2,4,6H,5H2,(H,17,23);1-2H3. The van der Waals surface area contributed by atoms with E-state index in [2.05, 4.69) is 25.4 Å². The van der Waals surface area contributed by atoms with E-state index in [1.54, 1.807) is 0 Å². The lowest BCUT2D eigenvalue weighted by Crippen LogP contribution is -2.25. The molecule has 3 aromatic heterocycles. The zero-order valence-corrected chi connectivity index (χ0v) is 16.1. The van der Waals surface area contributed by atoms with E-state index in [4.69, 9.17) is 28.5 Å². The quantitative estimate of drug-likeness (QED) is 0.662. The first kappa shape index (κ1) is 19.8. The minimum absolute atomic E-state index is 0.0894. The Labute approximate surface area is 163 Å². The highest BCUT2D eigenvalue weighted by molar-refractivity contribution is 7.14. The number of carbonyl (C=O) groups is 1. The second-order valence-electron chi connectivity index (χ2n) is 4.38. The van der Waals surface area contributed by atoms with E-state index in [0.29, 0.717) is 20.9 Å². The van der Waals surface area contributed by atoms with Crippen LogP contribution in [0.25, 0.3) is 5.13 Å². The van der Waals surface area contributed by atoms with Gasteiger partial charge in [-0.25, -0.2) is 15.0 Å². The van der Waals surface area contributed by atoms with Gasteiger partial charge in [0.05, 0.1) is 12.7 Å². The first-order valence-electron chi connectivity index (χ1n) is 7.43. The van der Waals surface area contributed by atoms with Crippen molar-refractivity contribution >= 4 is 40.4 Å². The van der Waals surface area contributed by atoms with Gasteiger partial charge in [0.2, 0.25) is 5.13 Å². The van der Waals surface area contributed by atoms with Gasteiger partial charge in [-0.2, -0.15) is 15.0 Å². The number of rotatable bonds is 4. The number of pyridine rings is 1. The van der Waals surface area contributed by atoms with Crippen LogP contribution in [-0.2, 0) is 6.54 Å². The molecule has 0 spiro atoms. The molecule has 1 amide bonds. The Bertz CT molecular complexity index is 927. The van der Waals surface area contributed by atoms with Crippen molar-refractivity contribution in [2.45, 2.75) is 20.4 Å². The summed E-state index contributed by atoms with van der Waals surface area (Å²) in [6.45, 7) is 4.09. The highest BCUT2D eigenvalue weighted by Crippen LogP contribution is 2.17. The van der Waals surface area contributed by atoms with Crippen molar-refractivity contribution in [1.29, 1.82) is 5.26 Å².